The highest BCUT2D eigenvalue weighted by atomic mass is 32.2. The van der Waals surface area contributed by atoms with Crippen LogP contribution >= 0.6 is 11.3 Å². The Labute approximate surface area is 202 Å². The Kier molecular flexibility index (Phi) is 5.93. The predicted molar refractivity (Wildman–Crippen MR) is 132 cm³/mol. The number of aryl methyl sites for hydroxylation is 1. The molecule has 5 aromatic rings. The van der Waals surface area contributed by atoms with Gasteiger partial charge < -0.3 is 14.4 Å². The zero-order valence-corrected chi connectivity index (χ0v) is 20.0. The number of ether oxygens (including phenoxy) is 1. The van der Waals surface area contributed by atoms with E-state index >= 15 is 0 Å². The third-order valence-corrected chi connectivity index (χ3v) is 8.20. The van der Waals surface area contributed by atoms with Gasteiger partial charge >= 0.3 is 0 Å². The summed E-state index contributed by atoms with van der Waals surface area (Å²) in [4.78, 5) is 9.69. The van der Waals surface area contributed by atoms with E-state index in [1.807, 2.05) is 49.6 Å². The fourth-order valence-corrected chi connectivity index (χ4v) is 6.37. The molecule has 0 amide bonds. The van der Waals surface area contributed by atoms with Gasteiger partial charge in [0.1, 0.15) is 16.7 Å². The molecule has 0 aliphatic carbocycles. The first kappa shape index (κ1) is 22.3. The SMILES string of the molecule is COCC[S@@+]([O-])c1sc2nc(-c3cnc4nn(C)cc4c3)c(C#N)c(-c3ccccc3)c2c1O. The normalized spacial score (nSPS) is 12.3. The van der Waals surface area contributed by atoms with Crippen LogP contribution in [0.2, 0.25) is 0 Å². The van der Waals surface area contributed by atoms with Gasteiger partial charge in [-0.25, -0.2) is 9.97 Å². The quantitative estimate of drug-likeness (QED) is 0.354. The number of nitrogens with zero attached hydrogens (tertiary/aromatic N) is 5. The largest absolute Gasteiger partial charge is 0.611 e. The lowest BCUT2D eigenvalue weighted by atomic mass is 9.94. The number of hydrogen-bond donors (Lipinski definition) is 1. The van der Waals surface area contributed by atoms with E-state index in [9.17, 15) is 14.9 Å². The summed E-state index contributed by atoms with van der Waals surface area (Å²) in [6.45, 7) is 0.296. The van der Waals surface area contributed by atoms with Gasteiger partial charge in [-0.15, -0.1) is 0 Å². The van der Waals surface area contributed by atoms with E-state index in [0.29, 0.717) is 49.1 Å². The van der Waals surface area contributed by atoms with Crippen LogP contribution in [-0.4, -0.2) is 48.9 Å². The fourth-order valence-electron chi connectivity index (χ4n) is 3.87. The third-order valence-electron chi connectivity index (χ3n) is 5.38. The maximum Gasteiger partial charge on any atom is 0.251 e. The van der Waals surface area contributed by atoms with Gasteiger partial charge in [-0.3, -0.25) is 4.68 Å². The Morgan fingerprint density at radius 1 is 1.26 bits per heavy atom. The Hall–Kier alpha value is -3.49. The Bertz CT molecular complexity index is 1560. The standard InChI is InChI=1S/C24H19N5O3S2/c1-29-13-16-10-15(12-26-22(16)28-29)20-17(11-25)18(14-6-4-3-5-7-14)19-21(30)24(33-23(19)27-20)34(31)9-8-32-2/h3-7,10,12-13,30H,8-9H2,1-2H3/t34-/m1/s1. The first-order valence-corrected chi connectivity index (χ1v) is 12.5. The monoisotopic (exact) mass is 489 g/mol. The van der Waals surface area contributed by atoms with Gasteiger partial charge in [0.25, 0.3) is 4.21 Å². The van der Waals surface area contributed by atoms with E-state index in [0.717, 1.165) is 22.3 Å². The molecule has 0 fully saturated rings. The van der Waals surface area contributed by atoms with Crippen molar-refractivity contribution < 1.29 is 14.4 Å². The molecule has 0 aliphatic rings. The first-order chi connectivity index (χ1) is 16.5. The minimum atomic E-state index is -1.47. The highest BCUT2D eigenvalue weighted by molar-refractivity contribution is 7.93. The molecular formula is C24H19N5O3S2. The van der Waals surface area contributed by atoms with Gasteiger partial charge in [-0.2, -0.15) is 10.4 Å². The van der Waals surface area contributed by atoms with Gasteiger partial charge in [-0.05, 0) is 11.6 Å². The molecule has 170 valence electrons. The molecule has 0 unspecified atom stereocenters. The van der Waals surface area contributed by atoms with Crippen LogP contribution < -0.4 is 0 Å². The average molecular weight is 490 g/mol. The van der Waals surface area contributed by atoms with E-state index in [2.05, 4.69) is 16.2 Å². The van der Waals surface area contributed by atoms with Crippen LogP contribution in [0.1, 0.15) is 5.56 Å². The number of thiophene rings is 1. The summed E-state index contributed by atoms with van der Waals surface area (Å²) in [5.41, 5.74) is 3.32. The predicted octanol–water partition coefficient (Wildman–Crippen LogP) is 4.24. The lowest BCUT2D eigenvalue weighted by Gasteiger charge is -2.12. The van der Waals surface area contributed by atoms with Crippen molar-refractivity contribution in [2.45, 2.75) is 4.21 Å². The molecule has 0 bridgehead atoms. The molecule has 5 rings (SSSR count). The van der Waals surface area contributed by atoms with Crippen molar-refractivity contribution >= 4 is 43.8 Å². The number of hydrogen-bond acceptors (Lipinski definition) is 8. The number of pyridine rings is 2. The number of aromatic hydroxyl groups is 1. The molecule has 8 nitrogen and oxygen atoms in total. The van der Waals surface area contributed by atoms with Gasteiger partial charge in [-0.1, -0.05) is 41.7 Å². The molecule has 1 aromatic carbocycles. The van der Waals surface area contributed by atoms with E-state index in [4.69, 9.17) is 9.72 Å². The number of rotatable bonds is 6. The first-order valence-electron chi connectivity index (χ1n) is 10.3. The van der Waals surface area contributed by atoms with Crippen LogP contribution in [0.3, 0.4) is 0 Å². The highest BCUT2D eigenvalue weighted by Gasteiger charge is 2.29. The summed E-state index contributed by atoms with van der Waals surface area (Å²) in [7, 11) is 3.36. The number of fused-ring (bicyclic) bond motifs is 2. The van der Waals surface area contributed by atoms with Crippen LogP contribution in [-0.2, 0) is 23.0 Å². The molecule has 4 heterocycles. The zero-order chi connectivity index (χ0) is 23.8. The molecule has 1 N–H and O–H groups in total. The maximum absolute atomic E-state index is 12.9. The number of benzene rings is 1. The van der Waals surface area contributed by atoms with Crippen molar-refractivity contribution in [2.75, 3.05) is 19.5 Å². The van der Waals surface area contributed by atoms with Crippen molar-refractivity contribution in [3.8, 4) is 34.2 Å². The lowest BCUT2D eigenvalue weighted by Crippen LogP contribution is -2.10. The molecule has 1 atom stereocenters. The molecule has 0 aliphatic heterocycles. The van der Waals surface area contributed by atoms with Crippen molar-refractivity contribution in [2.24, 2.45) is 7.05 Å². The molecule has 0 saturated heterocycles. The van der Waals surface area contributed by atoms with E-state index in [1.165, 1.54) is 7.11 Å². The van der Waals surface area contributed by atoms with Crippen molar-refractivity contribution in [1.82, 2.24) is 19.7 Å². The highest BCUT2D eigenvalue weighted by Crippen LogP contribution is 2.47. The summed E-state index contributed by atoms with van der Waals surface area (Å²) < 4.78 is 19.9. The lowest BCUT2D eigenvalue weighted by molar-refractivity contribution is 0.217. The zero-order valence-electron chi connectivity index (χ0n) is 18.3. The van der Waals surface area contributed by atoms with Crippen LogP contribution in [0.4, 0.5) is 0 Å². The number of methoxy groups -OCH3 is 1. The third kappa shape index (κ3) is 3.78. The van der Waals surface area contributed by atoms with Gasteiger partial charge in [0.05, 0.1) is 23.3 Å². The van der Waals surface area contributed by atoms with Gasteiger partial charge in [0.15, 0.2) is 11.4 Å². The summed E-state index contributed by atoms with van der Waals surface area (Å²) in [6, 6.07) is 13.6. The van der Waals surface area contributed by atoms with E-state index < -0.39 is 11.2 Å². The second-order valence-electron chi connectivity index (χ2n) is 7.59. The van der Waals surface area contributed by atoms with Gasteiger partial charge in [0.2, 0.25) is 0 Å². The van der Waals surface area contributed by atoms with Crippen LogP contribution in [0.25, 0.3) is 43.6 Å². The molecule has 10 heteroatoms. The van der Waals surface area contributed by atoms with E-state index in [1.54, 1.807) is 10.9 Å². The molecular weight excluding hydrogens is 470 g/mol. The second-order valence-corrected chi connectivity index (χ2v) is 10.4. The summed E-state index contributed by atoms with van der Waals surface area (Å²) in [6.07, 6.45) is 3.49. The summed E-state index contributed by atoms with van der Waals surface area (Å²) in [5, 5.41) is 26.9. The van der Waals surface area contributed by atoms with Crippen LogP contribution in [0.15, 0.2) is 53.0 Å². The topological polar surface area (TPSA) is 120 Å². The average Bonchev–Trinajstić information content (AvgIpc) is 3.39. The van der Waals surface area contributed by atoms with E-state index in [-0.39, 0.29) is 11.5 Å². The second kappa shape index (κ2) is 9.04. The summed E-state index contributed by atoms with van der Waals surface area (Å²) in [5.74, 6) is 0.140. The molecule has 34 heavy (non-hydrogen) atoms. The Morgan fingerprint density at radius 2 is 2.06 bits per heavy atom. The van der Waals surface area contributed by atoms with Gasteiger partial charge in [0, 0.05) is 54.2 Å². The minimum Gasteiger partial charge on any atom is -0.611 e. The minimum absolute atomic E-state index is 0.107. The van der Waals surface area contributed by atoms with Crippen molar-refractivity contribution in [1.29, 1.82) is 5.26 Å². The van der Waals surface area contributed by atoms with Crippen LogP contribution in [0.5, 0.6) is 5.75 Å². The Balaban J connectivity index is 1.82. The molecule has 0 saturated carbocycles. The fraction of sp³-hybridized carbons (Fsp3) is 0.167. The molecule has 4 aromatic heterocycles. The number of nitriles is 1. The Morgan fingerprint density at radius 3 is 2.79 bits per heavy atom. The maximum atomic E-state index is 12.9. The van der Waals surface area contributed by atoms with Crippen LogP contribution in [0, 0.1) is 11.3 Å². The molecule has 0 radical (unpaired) electrons. The van der Waals surface area contributed by atoms with Crippen molar-refractivity contribution in [3.05, 3.63) is 54.4 Å². The number of aromatic nitrogens is 4. The molecule has 0 spiro atoms. The smallest absolute Gasteiger partial charge is 0.251 e. The van der Waals surface area contributed by atoms with Crippen molar-refractivity contribution in [3.63, 3.8) is 0 Å². The summed E-state index contributed by atoms with van der Waals surface area (Å²) >= 11 is -0.306.